The number of anilines is 1. The molecule has 5 heteroatoms. The second-order valence-corrected chi connectivity index (χ2v) is 7.46. The fourth-order valence-corrected chi connectivity index (χ4v) is 3.62. The number of ether oxygens (including phenoxy) is 1. The second-order valence-electron chi connectivity index (χ2n) is 7.46. The number of nitrogens with one attached hydrogen (secondary N) is 2. The lowest BCUT2D eigenvalue weighted by molar-refractivity contribution is -0.118. The molecular weight excluding hydrogens is 400 g/mol. The van der Waals surface area contributed by atoms with Gasteiger partial charge in [-0.1, -0.05) is 72.8 Å². The van der Waals surface area contributed by atoms with E-state index < -0.39 is 6.04 Å². The Morgan fingerprint density at radius 2 is 1.56 bits per heavy atom. The predicted molar refractivity (Wildman–Crippen MR) is 127 cm³/mol. The molecule has 0 heterocycles. The maximum absolute atomic E-state index is 13.3. The van der Waals surface area contributed by atoms with E-state index in [2.05, 4.69) is 10.6 Å². The van der Waals surface area contributed by atoms with Crippen molar-refractivity contribution in [3.05, 3.63) is 108 Å². The van der Waals surface area contributed by atoms with Crippen LogP contribution in [0.4, 0.5) is 5.69 Å². The van der Waals surface area contributed by atoms with Gasteiger partial charge in [-0.15, -0.1) is 0 Å². The zero-order valence-electron chi connectivity index (χ0n) is 17.7. The van der Waals surface area contributed by atoms with Crippen molar-refractivity contribution in [3.8, 4) is 5.75 Å². The summed E-state index contributed by atoms with van der Waals surface area (Å²) in [6.07, 6.45) is 0.368. The smallest absolute Gasteiger partial charge is 0.252 e. The van der Waals surface area contributed by atoms with Crippen LogP contribution in [0.1, 0.15) is 15.9 Å². The number of carbonyl (C=O) groups is 2. The number of amides is 2. The van der Waals surface area contributed by atoms with Crippen LogP contribution >= 0.6 is 0 Å². The minimum atomic E-state index is -0.755. The van der Waals surface area contributed by atoms with Crippen LogP contribution in [-0.2, 0) is 11.2 Å². The number of benzene rings is 4. The second kappa shape index (κ2) is 9.79. The highest BCUT2D eigenvalue weighted by Crippen LogP contribution is 2.23. The fraction of sp³-hybridized carbons (Fsp3) is 0.111. The van der Waals surface area contributed by atoms with Gasteiger partial charge in [0, 0.05) is 23.1 Å². The fourth-order valence-electron chi connectivity index (χ4n) is 3.62. The molecule has 0 fully saturated rings. The van der Waals surface area contributed by atoms with Crippen LogP contribution in [0.25, 0.3) is 10.8 Å². The molecule has 5 nitrogen and oxygen atoms in total. The SMILES string of the molecule is COc1cccc(C(=O)NC(Cc2ccccc2)C(=O)Nc2cccc3ccccc23)c1. The van der Waals surface area contributed by atoms with E-state index in [0.29, 0.717) is 23.4 Å². The van der Waals surface area contributed by atoms with E-state index in [4.69, 9.17) is 4.74 Å². The first-order chi connectivity index (χ1) is 15.6. The summed E-state index contributed by atoms with van der Waals surface area (Å²) in [5.74, 6) is -0.0307. The van der Waals surface area contributed by atoms with Crippen LogP contribution in [0.15, 0.2) is 97.1 Å². The van der Waals surface area contributed by atoms with Crippen molar-refractivity contribution in [3.63, 3.8) is 0 Å². The molecule has 1 unspecified atom stereocenters. The van der Waals surface area contributed by atoms with Gasteiger partial charge in [0.1, 0.15) is 11.8 Å². The molecule has 2 amide bonds. The zero-order chi connectivity index (χ0) is 22.3. The Labute approximate surface area is 187 Å². The molecule has 0 saturated heterocycles. The first kappa shape index (κ1) is 21.1. The number of methoxy groups -OCH3 is 1. The van der Waals surface area contributed by atoms with Gasteiger partial charge < -0.3 is 15.4 Å². The van der Waals surface area contributed by atoms with Crippen LogP contribution in [0.5, 0.6) is 5.75 Å². The molecule has 0 aliphatic heterocycles. The van der Waals surface area contributed by atoms with Gasteiger partial charge in [0.25, 0.3) is 5.91 Å². The van der Waals surface area contributed by atoms with Crippen LogP contribution < -0.4 is 15.4 Å². The lowest BCUT2D eigenvalue weighted by Gasteiger charge is -2.20. The largest absolute Gasteiger partial charge is 0.497 e. The Bertz CT molecular complexity index is 1230. The summed E-state index contributed by atoms with van der Waals surface area (Å²) in [7, 11) is 1.55. The average Bonchev–Trinajstić information content (AvgIpc) is 2.84. The Morgan fingerprint density at radius 1 is 0.844 bits per heavy atom. The summed E-state index contributed by atoms with van der Waals surface area (Å²) in [5, 5.41) is 7.88. The molecule has 4 aromatic rings. The molecule has 0 aliphatic carbocycles. The van der Waals surface area contributed by atoms with Crippen molar-refractivity contribution in [2.75, 3.05) is 12.4 Å². The molecule has 0 spiro atoms. The van der Waals surface area contributed by atoms with E-state index in [1.54, 1.807) is 31.4 Å². The molecular formula is C27H24N2O3. The number of hydrogen-bond acceptors (Lipinski definition) is 3. The lowest BCUT2D eigenvalue weighted by atomic mass is 10.0. The highest BCUT2D eigenvalue weighted by atomic mass is 16.5. The van der Waals surface area contributed by atoms with E-state index in [1.165, 1.54) is 0 Å². The number of carbonyl (C=O) groups excluding carboxylic acids is 2. The number of fused-ring (bicyclic) bond motifs is 1. The van der Waals surface area contributed by atoms with Gasteiger partial charge in [-0.25, -0.2) is 0 Å². The van der Waals surface area contributed by atoms with Crippen LogP contribution in [0, 0.1) is 0 Å². The van der Waals surface area contributed by atoms with Crippen molar-refractivity contribution in [1.29, 1.82) is 0 Å². The van der Waals surface area contributed by atoms with Crippen molar-refractivity contribution in [2.24, 2.45) is 0 Å². The molecule has 1 atom stereocenters. The normalized spacial score (nSPS) is 11.5. The topological polar surface area (TPSA) is 67.4 Å². The number of rotatable bonds is 7. The van der Waals surface area contributed by atoms with Crippen molar-refractivity contribution >= 4 is 28.3 Å². The Morgan fingerprint density at radius 3 is 2.38 bits per heavy atom. The van der Waals surface area contributed by atoms with Gasteiger partial charge in [-0.05, 0) is 35.2 Å². The molecule has 0 radical (unpaired) electrons. The van der Waals surface area contributed by atoms with Gasteiger partial charge in [0.2, 0.25) is 5.91 Å². The quantitative estimate of drug-likeness (QED) is 0.447. The molecule has 4 aromatic carbocycles. The molecule has 32 heavy (non-hydrogen) atoms. The third-order valence-corrected chi connectivity index (χ3v) is 5.28. The van der Waals surface area contributed by atoms with Gasteiger partial charge in [0.05, 0.1) is 7.11 Å². The maximum atomic E-state index is 13.3. The van der Waals surface area contributed by atoms with E-state index in [9.17, 15) is 9.59 Å². The monoisotopic (exact) mass is 424 g/mol. The summed E-state index contributed by atoms with van der Waals surface area (Å²) >= 11 is 0. The van der Waals surface area contributed by atoms with Crippen molar-refractivity contribution in [1.82, 2.24) is 5.32 Å². The standard InChI is InChI=1S/C27H24N2O3/c1-32-22-14-7-13-21(18-22)26(30)29-25(17-19-9-3-2-4-10-19)27(31)28-24-16-8-12-20-11-5-6-15-23(20)24/h2-16,18,25H,17H2,1H3,(H,28,31)(H,29,30). The molecule has 0 saturated carbocycles. The van der Waals surface area contributed by atoms with E-state index >= 15 is 0 Å². The van der Waals surface area contributed by atoms with Gasteiger partial charge in [-0.2, -0.15) is 0 Å². The van der Waals surface area contributed by atoms with Crippen LogP contribution in [0.2, 0.25) is 0 Å². The first-order valence-electron chi connectivity index (χ1n) is 10.4. The third-order valence-electron chi connectivity index (χ3n) is 5.28. The van der Waals surface area contributed by atoms with Gasteiger partial charge >= 0.3 is 0 Å². The summed E-state index contributed by atoms with van der Waals surface area (Å²) in [5.41, 5.74) is 2.10. The van der Waals surface area contributed by atoms with E-state index in [0.717, 1.165) is 16.3 Å². The Balaban J connectivity index is 1.59. The molecule has 160 valence electrons. The van der Waals surface area contributed by atoms with Crippen LogP contribution in [0.3, 0.4) is 0 Å². The molecule has 0 bridgehead atoms. The first-order valence-corrected chi connectivity index (χ1v) is 10.4. The predicted octanol–water partition coefficient (Wildman–Crippen LogP) is 4.83. The van der Waals surface area contributed by atoms with E-state index in [-0.39, 0.29) is 11.8 Å². The lowest BCUT2D eigenvalue weighted by Crippen LogP contribution is -2.45. The Kier molecular flexibility index (Phi) is 6.46. The zero-order valence-corrected chi connectivity index (χ0v) is 17.7. The third kappa shape index (κ3) is 4.95. The summed E-state index contributed by atoms with van der Waals surface area (Å²) in [6.45, 7) is 0. The van der Waals surface area contributed by atoms with Crippen molar-refractivity contribution in [2.45, 2.75) is 12.5 Å². The summed E-state index contributed by atoms with van der Waals surface area (Å²) in [6, 6.07) is 29.4. The average molecular weight is 425 g/mol. The van der Waals surface area contributed by atoms with E-state index in [1.807, 2.05) is 72.8 Å². The minimum absolute atomic E-state index is 0.276. The highest BCUT2D eigenvalue weighted by Gasteiger charge is 2.23. The van der Waals surface area contributed by atoms with Gasteiger partial charge in [-0.3, -0.25) is 9.59 Å². The maximum Gasteiger partial charge on any atom is 0.252 e. The summed E-state index contributed by atoms with van der Waals surface area (Å²) < 4.78 is 5.21. The van der Waals surface area contributed by atoms with Crippen molar-refractivity contribution < 1.29 is 14.3 Å². The van der Waals surface area contributed by atoms with Crippen LogP contribution in [-0.4, -0.2) is 25.0 Å². The number of hydrogen-bond donors (Lipinski definition) is 2. The molecule has 4 rings (SSSR count). The minimum Gasteiger partial charge on any atom is -0.497 e. The van der Waals surface area contributed by atoms with Gasteiger partial charge in [0.15, 0.2) is 0 Å². The summed E-state index contributed by atoms with van der Waals surface area (Å²) in [4.78, 5) is 26.2. The Hall–Kier alpha value is -4.12. The molecule has 2 N–H and O–H groups in total. The molecule has 0 aromatic heterocycles. The highest BCUT2D eigenvalue weighted by molar-refractivity contribution is 6.06. The molecule has 0 aliphatic rings.